The summed E-state index contributed by atoms with van der Waals surface area (Å²) in [7, 11) is 0. The molecule has 0 saturated heterocycles. The van der Waals surface area contributed by atoms with Crippen LogP contribution in [-0.4, -0.2) is 39.1 Å². The molecule has 9 heteroatoms. The number of hydrogen-bond acceptors (Lipinski definition) is 5. The summed E-state index contributed by atoms with van der Waals surface area (Å²) in [6.45, 7) is 4.65. The molecule has 3 rings (SSSR count). The van der Waals surface area contributed by atoms with Gasteiger partial charge in [0, 0.05) is 18.8 Å². The van der Waals surface area contributed by atoms with Crippen molar-refractivity contribution in [3.63, 3.8) is 0 Å². The smallest absolute Gasteiger partial charge is 0.319 e. The molecule has 2 aromatic heterocycles. The van der Waals surface area contributed by atoms with Crippen LogP contribution in [0.3, 0.4) is 0 Å². The summed E-state index contributed by atoms with van der Waals surface area (Å²) < 4.78 is 15.2. The largest absolute Gasteiger partial charge is 0.367 e. The van der Waals surface area contributed by atoms with Crippen molar-refractivity contribution in [2.45, 2.75) is 13.8 Å². The molecule has 0 unspecified atom stereocenters. The number of benzene rings is 1. The second kappa shape index (κ2) is 8.26. The molecular formula is C18H20FN7O. The van der Waals surface area contributed by atoms with Crippen LogP contribution in [0.15, 0.2) is 42.5 Å². The van der Waals surface area contributed by atoms with E-state index in [4.69, 9.17) is 0 Å². The van der Waals surface area contributed by atoms with Crippen LogP contribution in [0, 0.1) is 19.7 Å². The van der Waals surface area contributed by atoms with Gasteiger partial charge in [-0.15, -0.1) is 10.2 Å². The molecule has 1 aromatic carbocycles. The average molecular weight is 369 g/mol. The first kappa shape index (κ1) is 18.3. The van der Waals surface area contributed by atoms with Crippen molar-refractivity contribution in [3.05, 3.63) is 59.7 Å². The molecule has 8 nitrogen and oxygen atoms in total. The highest BCUT2D eigenvalue weighted by Crippen LogP contribution is 2.12. The van der Waals surface area contributed by atoms with Crippen LogP contribution in [-0.2, 0) is 0 Å². The highest BCUT2D eigenvalue weighted by atomic mass is 19.1. The van der Waals surface area contributed by atoms with Gasteiger partial charge >= 0.3 is 6.03 Å². The zero-order valence-corrected chi connectivity index (χ0v) is 15.0. The Labute approximate surface area is 155 Å². The Kier molecular flexibility index (Phi) is 5.60. The summed E-state index contributed by atoms with van der Waals surface area (Å²) >= 11 is 0. The summed E-state index contributed by atoms with van der Waals surface area (Å²) in [5, 5.41) is 20.7. The van der Waals surface area contributed by atoms with Crippen LogP contribution in [0.4, 0.5) is 20.7 Å². The van der Waals surface area contributed by atoms with Crippen LogP contribution in [0.2, 0.25) is 0 Å². The Morgan fingerprint density at radius 3 is 2.59 bits per heavy atom. The zero-order valence-electron chi connectivity index (χ0n) is 15.0. The lowest BCUT2D eigenvalue weighted by Crippen LogP contribution is -2.33. The Bertz CT molecular complexity index is 924. The molecule has 0 saturated carbocycles. The van der Waals surface area contributed by atoms with Crippen molar-refractivity contribution in [1.82, 2.24) is 25.3 Å². The fraction of sp³-hybridized carbons (Fsp3) is 0.222. The lowest BCUT2D eigenvalue weighted by molar-refractivity contribution is 0.252. The highest BCUT2D eigenvalue weighted by Gasteiger charge is 2.07. The minimum absolute atomic E-state index is 0.133. The number of carbonyl (C=O) groups is 1. The van der Waals surface area contributed by atoms with E-state index in [-0.39, 0.29) is 5.69 Å². The van der Waals surface area contributed by atoms with E-state index >= 15 is 0 Å². The number of nitrogens with one attached hydrogen (secondary N) is 3. The number of para-hydroxylation sites is 1. The van der Waals surface area contributed by atoms with Gasteiger partial charge in [-0.3, -0.25) is 0 Å². The van der Waals surface area contributed by atoms with Crippen molar-refractivity contribution >= 4 is 17.5 Å². The minimum atomic E-state index is -0.483. The molecule has 3 aromatic rings. The predicted octanol–water partition coefficient (Wildman–Crippen LogP) is 2.65. The topological polar surface area (TPSA) is 96.8 Å². The Morgan fingerprint density at radius 1 is 1.11 bits per heavy atom. The molecule has 0 bridgehead atoms. The quantitative estimate of drug-likeness (QED) is 0.581. The summed E-state index contributed by atoms with van der Waals surface area (Å²) in [4.78, 5) is 11.8. The van der Waals surface area contributed by atoms with E-state index in [0.717, 1.165) is 11.4 Å². The molecule has 2 heterocycles. The Hall–Kier alpha value is -3.49. The lowest BCUT2D eigenvalue weighted by atomic mass is 10.3. The molecule has 2 amide bonds. The van der Waals surface area contributed by atoms with E-state index in [0.29, 0.717) is 24.7 Å². The van der Waals surface area contributed by atoms with E-state index in [9.17, 15) is 9.18 Å². The number of aromatic nitrogens is 4. The summed E-state index contributed by atoms with van der Waals surface area (Å²) in [6, 6.07) is 11.1. The van der Waals surface area contributed by atoms with Gasteiger partial charge in [-0.05, 0) is 44.2 Å². The normalized spacial score (nSPS) is 10.5. The molecule has 0 aliphatic rings. The number of nitrogens with zero attached hydrogens (tertiary/aromatic N) is 4. The van der Waals surface area contributed by atoms with Crippen molar-refractivity contribution in [3.8, 4) is 5.82 Å². The van der Waals surface area contributed by atoms with Crippen LogP contribution in [0.5, 0.6) is 0 Å². The molecule has 0 spiro atoms. The number of urea groups is 1. The van der Waals surface area contributed by atoms with E-state index in [1.165, 1.54) is 12.1 Å². The number of rotatable bonds is 6. The van der Waals surface area contributed by atoms with E-state index in [1.54, 1.807) is 22.9 Å². The van der Waals surface area contributed by atoms with Crippen LogP contribution < -0.4 is 16.0 Å². The predicted molar refractivity (Wildman–Crippen MR) is 101 cm³/mol. The van der Waals surface area contributed by atoms with Crippen molar-refractivity contribution in [2.24, 2.45) is 0 Å². The number of anilines is 2. The number of amides is 2. The highest BCUT2D eigenvalue weighted by molar-refractivity contribution is 5.89. The molecule has 0 fully saturated rings. The fourth-order valence-corrected chi connectivity index (χ4v) is 2.49. The monoisotopic (exact) mass is 369 g/mol. The first-order valence-electron chi connectivity index (χ1n) is 8.43. The molecule has 0 aliphatic carbocycles. The number of aryl methyl sites for hydroxylation is 2. The zero-order chi connectivity index (χ0) is 19.2. The maximum Gasteiger partial charge on any atom is 0.319 e. The van der Waals surface area contributed by atoms with Gasteiger partial charge in [-0.25, -0.2) is 13.9 Å². The average Bonchev–Trinajstić information content (AvgIpc) is 2.99. The minimum Gasteiger partial charge on any atom is -0.367 e. The van der Waals surface area contributed by atoms with Crippen molar-refractivity contribution < 1.29 is 9.18 Å². The molecule has 3 N–H and O–H groups in total. The van der Waals surface area contributed by atoms with Gasteiger partial charge < -0.3 is 16.0 Å². The summed E-state index contributed by atoms with van der Waals surface area (Å²) in [5.41, 5.74) is 2.03. The third-order valence-electron chi connectivity index (χ3n) is 3.72. The Balaban J connectivity index is 1.45. The van der Waals surface area contributed by atoms with E-state index < -0.39 is 11.8 Å². The van der Waals surface area contributed by atoms with Crippen LogP contribution >= 0.6 is 0 Å². The number of carbonyl (C=O) groups excluding carboxylic acids is 1. The number of hydrogen-bond donors (Lipinski definition) is 3. The van der Waals surface area contributed by atoms with Gasteiger partial charge in [-0.1, -0.05) is 12.1 Å². The number of halogens is 1. The van der Waals surface area contributed by atoms with Gasteiger partial charge in [0.15, 0.2) is 5.82 Å². The summed E-state index contributed by atoms with van der Waals surface area (Å²) in [5.74, 6) is 0.730. The van der Waals surface area contributed by atoms with Gasteiger partial charge in [0.05, 0.1) is 11.4 Å². The SMILES string of the molecule is Cc1cc(C)n(-c2ccc(NCCNC(=O)Nc3ccccc3F)nn2)n1. The van der Waals surface area contributed by atoms with Crippen molar-refractivity contribution in [2.75, 3.05) is 23.7 Å². The lowest BCUT2D eigenvalue weighted by Gasteiger charge is -2.09. The second-order valence-electron chi connectivity index (χ2n) is 5.90. The molecule has 0 aliphatic heterocycles. The third-order valence-corrected chi connectivity index (χ3v) is 3.72. The second-order valence-corrected chi connectivity index (χ2v) is 5.90. The summed E-state index contributed by atoms with van der Waals surface area (Å²) in [6.07, 6.45) is 0. The third kappa shape index (κ3) is 4.78. The molecule has 140 valence electrons. The van der Waals surface area contributed by atoms with Crippen molar-refractivity contribution in [1.29, 1.82) is 0 Å². The molecular weight excluding hydrogens is 349 g/mol. The van der Waals surface area contributed by atoms with Crippen LogP contribution in [0.25, 0.3) is 5.82 Å². The standard InChI is InChI=1S/C18H20FN7O/c1-12-11-13(2)26(25-12)17-8-7-16(23-24-17)20-9-10-21-18(27)22-15-6-4-3-5-14(15)19/h3-8,11H,9-10H2,1-2H3,(H,20,23)(H2,21,22,27). The van der Waals surface area contributed by atoms with E-state index in [1.807, 2.05) is 26.0 Å². The maximum atomic E-state index is 13.5. The molecule has 0 atom stereocenters. The maximum absolute atomic E-state index is 13.5. The van der Waals surface area contributed by atoms with Crippen LogP contribution in [0.1, 0.15) is 11.4 Å². The van der Waals surface area contributed by atoms with Gasteiger partial charge in [0.25, 0.3) is 0 Å². The van der Waals surface area contributed by atoms with Gasteiger partial charge in [0.1, 0.15) is 11.6 Å². The van der Waals surface area contributed by atoms with Gasteiger partial charge in [-0.2, -0.15) is 5.10 Å². The molecule has 27 heavy (non-hydrogen) atoms. The van der Waals surface area contributed by atoms with E-state index in [2.05, 4.69) is 31.2 Å². The Morgan fingerprint density at radius 2 is 1.93 bits per heavy atom. The van der Waals surface area contributed by atoms with Gasteiger partial charge in [0.2, 0.25) is 0 Å². The first-order chi connectivity index (χ1) is 13.0. The first-order valence-corrected chi connectivity index (χ1v) is 8.43. The molecule has 0 radical (unpaired) electrons. The fourth-order valence-electron chi connectivity index (χ4n) is 2.49.